The lowest BCUT2D eigenvalue weighted by atomic mass is 9.78. The van der Waals surface area contributed by atoms with Crippen LogP contribution in [0.3, 0.4) is 0 Å². The monoisotopic (exact) mass is 254 g/mol. The van der Waals surface area contributed by atoms with Gasteiger partial charge in [0.05, 0.1) is 5.88 Å². The summed E-state index contributed by atoms with van der Waals surface area (Å²) >= 11 is 5.75. The van der Waals surface area contributed by atoms with Crippen molar-refractivity contribution in [3.05, 3.63) is 23.8 Å². The van der Waals surface area contributed by atoms with Crippen LogP contribution in [0.5, 0.6) is 0 Å². The minimum absolute atomic E-state index is 0.289. The highest BCUT2D eigenvalue weighted by atomic mass is 35.5. The first-order chi connectivity index (χ1) is 8.20. The lowest BCUT2D eigenvalue weighted by molar-refractivity contribution is -0.0646. The van der Waals surface area contributed by atoms with Crippen molar-refractivity contribution in [1.82, 2.24) is 9.97 Å². The van der Waals surface area contributed by atoms with Gasteiger partial charge in [-0.05, 0) is 25.2 Å². The fraction of sp³-hybridized carbons (Fsp3) is 0.692. The van der Waals surface area contributed by atoms with Gasteiger partial charge in [0, 0.05) is 25.1 Å². The van der Waals surface area contributed by atoms with Crippen LogP contribution in [0.25, 0.3) is 0 Å². The van der Waals surface area contributed by atoms with Gasteiger partial charge in [-0.15, -0.1) is 11.6 Å². The van der Waals surface area contributed by atoms with Gasteiger partial charge >= 0.3 is 0 Å². The molecule has 2 rings (SSSR count). The second-order valence-electron chi connectivity index (χ2n) is 4.95. The molecule has 3 nitrogen and oxygen atoms in total. The summed E-state index contributed by atoms with van der Waals surface area (Å²) < 4.78 is 5.75. The van der Waals surface area contributed by atoms with E-state index in [1.807, 2.05) is 0 Å². The predicted molar refractivity (Wildman–Crippen MR) is 67.9 cm³/mol. The largest absolute Gasteiger partial charge is 0.370 e. The topological polar surface area (TPSA) is 35.0 Å². The lowest BCUT2D eigenvalue weighted by Crippen LogP contribution is -2.36. The zero-order chi connectivity index (χ0) is 12.3. The number of alkyl halides is 1. The van der Waals surface area contributed by atoms with Crippen molar-refractivity contribution in [2.24, 2.45) is 5.92 Å². The van der Waals surface area contributed by atoms with E-state index in [4.69, 9.17) is 16.3 Å². The van der Waals surface area contributed by atoms with Crippen LogP contribution in [-0.2, 0) is 16.2 Å². The maximum Gasteiger partial charge on any atom is 0.160 e. The maximum absolute atomic E-state index is 5.75. The van der Waals surface area contributed by atoms with E-state index in [0.29, 0.717) is 11.8 Å². The fourth-order valence-corrected chi connectivity index (χ4v) is 2.78. The highest BCUT2D eigenvalue weighted by Crippen LogP contribution is 2.40. The van der Waals surface area contributed by atoms with Crippen LogP contribution < -0.4 is 0 Å². The molecule has 1 fully saturated rings. The number of rotatable bonds is 3. The summed E-state index contributed by atoms with van der Waals surface area (Å²) in [5.41, 5.74) is 0.660. The summed E-state index contributed by atoms with van der Waals surface area (Å²) in [5.74, 6) is 1.93. The molecule has 1 aromatic rings. The van der Waals surface area contributed by atoms with Crippen LogP contribution in [-0.4, -0.2) is 17.1 Å². The number of methoxy groups -OCH3 is 1. The lowest BCUT2D eigenvalue weighted by Gasteiger charge is -2.37. The molecule has 0 amide bonds. The molecule has 0 N–H and O–H groups in total. The van der Waals surface area contributed by atoms with E-state index in [1.165, 1.54) is 12.8 Å². The molecule has 0 spiro atoms. The van der Waals surface area contributed by atoms with E-state index in [-0.39, 0.29) is 5.60 Å². The summed E-state index contributed by atoms with van der Waals surface area (Å²) in [6, 6.07) is 0. The molecule has 94 valence electrons. The molecule has 1 heterocycles. The average Bonchev–Trinajstić information content (AvgIpc) is 2.38. The molecule has 2 atom stereocenters. The number of hydrogen-bond acceptors (Lipinski definition) is 3. The maximum atomic E-state index is 5.75. The molecule has 1 aliphatic carbocycles. The highest BCUT2D eigenvalue weighted by Gasteiger charge is 2.39. The smallest absolute Gasteiger partial charge is 0.160 e. The molecule has 4 heteroatoms. The van der Waals surface area contributed by atoms with E-state index in [0.717, 1.165) is 24.2 Å². The zero-order valence-corrected chi connectivity index (χ0v) is 11.2. The van der Waals surface area contributed by atoms with E-state index in [1.54, 1.807) is 19.5 Å². The van der Waals surface area contributed by atoms with Crippen molar-refractivity contribution < 1.29 is 4.74 Å². The second kappa shape index (κ2) is 5.32. The van der Waals surface area contributed by atoms with Crippen LogP contribution in [0.2, 0.25) is 0 Å². The molecule has 1 aliphatic rings. The van der Waals surface area contributed by atoms with Gasteiger partial charge in [-0.2, -0.15) is 0 Å². The van der Waals surface area contributed by atoms with Gasteiger partial charge in [0.2, 0.25) is 0 Å². The summed E-state index contributed by atoms with van der Waals surface area (Å²) in [6.45, 7) is 2.26. The Balaban J connectivity index is 2.26. The second-order valence-corrected chi connectivity index (χ2v) is 5.22. The van der Waals surface area contributed by atoms with Crippen LogP contribution in [0.15, 0.2) is 12.4 Å². The molecule has 0 aliphatic heterocycles. The Hall–Kier alpha value is -0.670. The van der Waals surface area contributed by atoms with Gasteiger partial charge in [-0.1, -0.05) is 13.3 Å². The Morgan fingerprint density at radius 3 is 2.71 bits per heavy atom. The quantitative estimate of drug-likeness (QED) is 0.777. The summed E-state index contributed by atoms with van der Waals surface area (Å²) in [4.78, 5) is 8.86. The predicted octanol–water partition coefficient (Wildman–Crippen LogP) is 3.27. The molecule has 0 radical (unpaired) electrons. The Morgan fingerprint density at radius 1 is 1.47 bits per heavy atom. The number of hydrogen-bond donors (Lipinski definition) is 0. The van der Waals surface area contributed by atoms with E-state index >= 15 is 0 Å². The SMILES string of the molecule is COC1(c2ncc(CCl)cn2)CCCC(C)C1. The van der Waals surface area contributed by atoms with Crippen molar-refractivity contribution in [3.8, 4) is 0 Å². The van der Waals surface area contributed by atoms with Crippen LogP contribution >= 0.6 is 11.6 Å². The number of aromatic nitrogens is 2. The number of halogens is 1. The highest BCUT2D eigenvalue weighted by molar-refractivity contribution is 6.17. The molecule has 1 saturated carbocycles. The van der Waals surface area contributed by atoms with Crippen molar-refractivity contribution in [1.29, 1.82) is 0 Å². The van der Waals surface area contributed by atoms with Crippen molar-refractivity contribution in [3.63, 3.8) is 0 Å². The third kappa shape index (κ3) is 2.61. The number of ether oxygens (including phenoxy) is 1. The standard InChI is InChI=1S/C13H19ClN2O/c1-10-4-3-5-13(6-10,17-2)12-15-8-11(7-14)9-16-12/h8-10H,3-7H2,1-2H3. The normalized spacial score (nSPS) is 29.2. The summed E-state index contributed by atoms with van der Waals surface area (Å²) in [5, 5.41) is 0. The first kappa shape index (κ1) is 12.8. The van der Waals surface area contributed by atoms with Crippen molar-refractivity contribution in [2.45, 2.75) is 44.1 Å². The molecular weight excluding hydrogens is 236 g/mol. The molecule has 0 saturated heterocycles. The molecular formula is C13H19ClN2O. The van der Waals surface area contributed by atoms with E-state index < -0.39 is 0 Å². The first-order valence-electron chi connectivity index (χ1n) is 6.13. The Morgan fingerprint density at radius 2 is 2.18 bits per heavy atom. The van der Waals surface area contributed by atoms with Crippen molar-refractivity contribution in [2.75, 3.05) is 7.11 Å². The van der Waals surface area contributed by atoms with Crippen LogP contribution in [0.4, 0.5) is 0 Å². The molecule has 17 heavy (non-hydrogen) atoms. The summed E-state index contributed by atoms with van der Waals surface area (Å²) in [7, 11) is 1.76. The van der Waals surface area contributed by atoms with Gasteiger partial charge in [-0.3, -0.25) is 0 Å². The van der Waals surface area contributed by atoms with Crippen LogP contribution in [0.1, 0.15) is 44.0 Å². The first-order valence-corrected chi connectivity index (χ1v) is 6.66. The van der Waals surface area contributed by atoms with Gasteiger partial charge < -0.3 is 4.74 Å². The number of nitrogens with zero attached hydrogens (tertiary/aromatic N) is 2. The minimum atomic E-state index is -0.289. The van der Waals surface area contributed by atoms with Gasteiger partial charge in [0.25, 0.3) is 0 Å². The molecule has 2 unspecified atom stereocenters. The van der Waals surface area contributed by atoms with Gasteiger partial charge in [0.15, 0.2) is 5.82 Å². The Bertz CT molecular complexity index is 368. The molecule has 1 aromatic heterocycles. The zero-order valence-electron chi connectivity index (χ0n) is 10.4. The van der Waals surface area contributed by atoms with Gasteiger partial charge in [0.1, 0.15) is 5.60 Å². The Labute approximate surface area is 108 Å². The van der Waals surface area contributed by atoms with Gasteiger partial charge in [-0.25, -0.2) is 9.97 Å². The Kier molecular flexibility index (Phi) is 4.00. The van der Waals surface area contributed by atoms with E-state index in [2.05, 4.69) is 16.9 Å². The third-order valence-electron chi connectivity index (χ3n) is 3.61. The average molecular weight is 255 g/mol. The van der Waals surface area contributed by atoms with E-state index in [9.17, 15) is 0 Å². The molecule has 0 aromatic carbocycles. The minimum Gasteiger partial charge on any atom is -0.370 e. The summed E-state index contributed by atoms with van der Waals surface area (Å²) in [6.07, 6.45) is 8.06. The third-order valence-corrected chi connectivity index (χ3v) is 3.92. The van der Waals surface area contributed by atoms with Crippen LogP contribution in [0, 0.1) is 5.92 Å². The fourth-order valence-electron chi connectivity index (χ4n) is 2.64. The van der Waals surface area contributed by atoms with Crippen molar-refractivity contribution >= 4 is 11.6 Å². The molecule has 0 bridgehead atoms.